The van der Waals surface area contributed by atoms with E-state index in [1.807, 2.05) is 0 Å². The number of carbonyl (C=O) groups excluding carboxylic acids is 4. The summed E-state index contributed by atoms with van der Waals surface area (Å²) in [5.74, 6) is 7.54. The van der Waals surface area contributed by atoms with E-state index < -0.39 is 22.2 Å². The van der Waals surface area contributed by atoms with Gasteiger partial charge < -0.3 is 0 Å². The Hall–Kier alpha value is -7.24. The number of amides is 4. The van der Waals surface area contributed by atoms with Crippen LogP contribution < -0.4 is 44.5 Å². The highest BCUT2D eigenvalue weighted by Crippen LogP contribution is 2.58. The van der Waals surface area contributed by atoms with Crippen LogP contribution in [-0.4, -0.2) is 64.8 Å². The number of rotatable bonds is 58. The van der Waals surface area contributed by atoms with Crippen molar-refractivity contribution in [2.75, 3.05) is 13.1 Å². The van der Waals surface area contributed by atoms with E-state index in [0.29, 0.717) is 26.2 Å². The van der Waals surface area contributed by atoms with E-state index in [0.717, 1.165) is 97.0 Å². The number of aromatic nitrogens is 4. The molecule has 136 heavy (non-hydrogen) atoms. The quantitative estimate of drug-likeness (QED) is 0.0256. The van der Waals surface area contributed by atoms with Crippen LogP contribution in [0.1, 0.15) is 493 Å². The van der Waals surface area contributed by atoms with Crippen LogP contribution in [0.2, 0.25) is 0 Å². The first-order valence-corrected chi connectivity index (χ1v) is 57.1. The van der Waals surface area contributed by atoms with E-state index >= 15 is 0 Å². The molecule has 0 saturated heterocycles. The van der Waals surface area contributed by atoms with Crippen molar-refractivity contribution in [1.29, 1.82) is 0 Å². The number of hydrogen-bond acceptors (Lipinski definition) is 12. The normalized spacial score (nSPS) is 19.3. The molecule has 764 valence electrons. The van der Waals surface area contributed by atoms with Gasteiger partial charge in [-0.15, -0.1) is 0 Å². The molecule has 13 rings (SSSR count). The van der Waals surface area contributed by atoms with Gasteiger partial charge in [-0.25, -0.2) is 0 Å². The summed E-state index contributed by atoms with van der Waals surface area (Å²) in [6.07, 6.45) is 92.0. The third kappa shape index (κ3) is 37.3. The molecule has 2 bridgehead atoms. The van der Waals surface area contributed by atoms with E-state index in [1.54, 1.807) is 52.4 Å². The lowest BCUT2D eigenvalue weighted by Crippen LogP contribution is -2.30. The number of nitrogens with zero attached hydrogens (tertiary/aromatic N) is 6. The van der Waals surface area contributed by atoms with Gasteiger partial charge in [0.2, 0.25) is 0 Å². The molecule has 2 aromatic carbocycles. The summed E-state index contributed by atoms with van der Waals surface area (Å²) in [6.45, 7) is 23.8. The van der Waals surface area contributed by atoms with E-state index in [1.165, 1.54) is 412 Å². The Kier molecular flexibility index (Phi) is 57.2. The predicted octanol–water partition coefficient (Wildman–Crippen LogP) is 28.6. The standard InChI is InChI=1S/2C38H51N3O6.C10H16.2C9H20.2C7H16/c2*1-2-39-35(44)29-25-31-32(26-30(29)36(39)45)38(47)41(37(31)46)24-16-10-6-4-8-12-18-28-20-14-13-19-27(28)17-11-7-3-5-9-15-23-40-33(42)21-22-34(40)43;1-2-9-7-4-5-8(6-7)10(9)3-1;2*1-3-5-7-9-8-6-4-2;2*1-3-5-7-6-4-2/h2*21-22,25-28H,2-20,23-24H2,1H3;7-10H,1-6H2;2*3-9H2,1-2H3;2*3-7H2,1-2H3. The molecular weight excluding hydrogens is 1690 g/mol. The molecule has 8 atom stereocenters. The van der Waals surface area contributed by atoms with Gasteiger partial charge in [-0.2, -0.15) is 0 Å². The van der Waals surface area contributed by atoms with Gasteiger partial charge in [-0.05, 0) is 143 Å². The molecule has 6 heterocycles. The maximum Gasteiger partial charge on any atom is 0.261 e. The average molecular weight is 1880 g/mol. The fraction of sp³-hybridized carbons (Fsp3) is 0.763. The monoisotopic (exact) mass is 1880 g/mol. The summed E-state index contributed by atoms with van der Waals surface area (Å²) in [5.41, 5.74) is -3.08. The Morgan fingerprint density at radius 1 is 0.206 bits per heavy atom. The molecule has 0 radical (unpaired) electrons. The Bertz CT molecular complexity index is 4400. The minimum absolute atomic E-state index is 0.177. The van der Waals surface area contributed by atoms with Crippen LogP contribution in [-0.2, 0) is 45.4 Å². The molecule has 18 heteroatoms. The lowest BCUT2D eigenvalue weighted by molar-refractivity contribution is -0.138. The van der Waals surface area contributed by atoms with Gasteiger partial charge in [0.1, 0.15) is 0 Å². The molecule has 4 aromatic heterocycles. The van der Waals surface area contributed by atoms with Crippen LogP contribution in [0, 0.1) is 47.3 Å². The zero-order valence-electron chi connectivity index (χ0n) is 87.7. The molecule has 0 N–H and O–H groups in total. The SMILES string of the molecule is C1CC2C3CCC(C3)C2C1.CCCCCCC.CCCCCCC.CCCCCCCCC.CCCCCCCCC.CCn1c(=O)c2cc3c(=O)n(CCCCCCCCC4CCCCC4CCCCCCCCN4C(=O)C=CC4=O)c(=O)c3cc2c1=O.CCn1c(=O)c2cc3c(=O)n(CCCCCCCCC4CCCCC4CCCCCCCCN4C(=O)C=CC4=O)c(=O)c3cc2c1=O. The largest absolute Gasteiger partial charge is 0.275 e. The highest BCUT2D eigenvalue weighted by molar-refractivity contribution is 6.13. The lowest BCUT2D eigenvalue weighted by Gasteiger charge is -2.32. The van der Waals surface area contributed by atoms with Gasteiger partial charge in [0, 0.05) is 63.6 Å². The average Bonchev–Trinajstić information content (AvgIpc) is 1.60. The van der Waals surface area contributed by atoms with E-state index in [-0.39, 0.29) is 102 Å². The van der Waals surface area contributed by atoms with E-state index in [9.17, 15) is 57.5 Å². The van der Waals surface area contributed by atoms with Crippen molar-refractivity contribution in [3.63, 3.8) is 0 Å². The number of imide groups is 2. The number of fused-ring (bicyclic) bond motifs is 9. The smallest absolute Gasteiger partial charge is 0.261 e. The maximum absolute atomic E-state index is 13.0. The van der Waals surface area contributed by atoms with Gasteiger partial charge in [0.15, 0.2) is 0 Å². The van der Waals surface area contributed by atoms with Crippen LogP contribution in [0.4, 0.5) is 0 Å². The lowest BCUT2D eigenvalue weighted by atomic mass is 9.74. The highest BCUT2D eigenvalue weighted by atomic mass is 16.2. The highest BCUT2D eigenvalue weighted by Gasteiger charge is 2.49. The molecule has 4 amide bonds. The van der Waals surface area contributed by atoms with Gasteiger partial charge >= 0.3 is 0 Å². The van der Waals surface area contributed by atoms with E-state index in [2.05, 4.69) is 55.4 Å². The van der Waals surface area contributed by atoms with Crippen LogP contribution in [0.25, 0.3) is 43.1 Å². The van der Waals surface area contributed by atoms with Gasteiger partial charge in [0.05, 0.1) is 43.1 Å². The van der Waals surface area contributed by atoms with Gasteiger partial charge in [0.25, 0.3) is 68.1 Å². The predicted molar refractivity (Wildman–Crippen MR) is 571 cm³/mol. The van der Waals surface area contributed by atoms with Crippen LogP contribution in [0.3, 0.4) is 0 Å². The second kappa shape index (κ2) is 67.2. The van der Waals surface area contributed by atoms with Crippen LogP contribution in [0.15, 0.2) is 86.9 Å². The zero-order chi connectivity index (χ0) is 98.2. The molecule has 5 saturated carbocycles. The summed E-state index contributed by atoms with van der Waals surface area (Å²) in [6, 6.07) is 5.74. The molecule has 5 fully saturated rings. The first-order valence-electron chi connectivity index (χ1n) is 57.1. The van der Waals surface area contributed by atoms with Crippen molar-refractivity contribution in [3.05, 3.63) is 131 Å². The first-order chi connectivity index (χ1) is 66.2. The summed E-state index contributed by atoms with van der Waals surface area (Å²) in [4.78, 5) is 151. The zero-order valence-corrected chi connectivity index (χ0v) is 87.7. The van der Waals surface area contributed by atoms with E-state index in [4.69, 9.17) is 0 Å². The molecule has 18 nitrogen and oxygen atoms in total. The molecule has 2 aliphatic heterocycles. The molecule has 0 spiro atoms. The minimum atomic E-state index is -0.403. The van der Waals surface area contributed by atoms with Crippen molar-refractivity contribution in [2.45, 2.75) is 519 Å². The Morgan fingerprint density at radius 2 is 0.397 bits per heavy atom. The molecule has 6 aromatic rings. The van der Waals surface area contributed by atoms with Crippen molar-refractivity contribution < 1.29 is 19.2 Å². The Morgan fingerprint density at radius 3 is 0.618 bits per heavy atom. The maximum atomic E-state index is 13.0. The fourth-order valence-electron chi connectivity index (χ4n) is 23.5. The second-order valence-electron chi connectivity index (χ2n) is 41.9. The number of unbranched alkanes of at least 4 members (excludes halogenated alkanes) is 40. The summed E-state index contributed by atoms with van der Waals surface area (Å²) >= 11 is 0. The van der Waals surface area contributed by atoms with Crippen molar-refractivity contribution in [1.82, 2.24) is 28.1 Å². The third-order valence-electron chi connectivity index (χ3n) is 31.7. The summed E-state index contributed by atoms with van der Waals surface area (Å²) < 4.78 is 4.82. The molecule has 7 aliphatic rings. The van der Waals surface area contributed by atoms with Crippen LogP contribution in [0.5, 0.6) is 0 Å². The number of carbonyl (C=O) groups is 4. The molecule has 8 unspecified atom stereocenters. The number of hydrogen-bond donors (Lipinski definition) is 0. The first kappa shape index (κ1) is 116. The third-order valence-corrected chi connectivity index (χ3v) is 31.7. The fourth-order valence-corrected chi connectivity index (χ4v) is 23.5. The second-order valence-corrected chi connectivity index (χ2v) is 41.9. The Balaban J connectivity index is 0.000000259. The summed E-state index contributed by atoms with van der Waals surface area (Å²) in [7, 11) is 0. The van der Waals surface area contributed by atoms with Crippen molar-refractivity contribution >= 4 is 66.7 Å². The van der Waals surface area contributed by atoms with Gasteiger partial charge in [-0.3, -0.25) is 85.6 Å². The molecule has 5 aliphatic carbocycles. The Labute approximate surface area is 820 Å². The summed E-state index contributed by atoms with van der Waals surface area (Å²) in [5, 5.41) is 1.79. The van der Waals surface area contributed by atoms with Gasteiger partial charge in [-0.1, -0.05) is 421 Å². The van der Waals surface area contributed by atoms with Crippen molar-refractivity contribution in [2.24, 2.45) is 47.3 Å². The number of benzene rings is 2. The minimum Gasteiger partial charge on any atom is -0.275 e. The topological polar surface area (TPSA) is 231 Å². The van der Waals surface area contributed by atoms with Crippen molar-refractivity contribution in [3.8, 4) is 0 Å². The molecular formula is C118H190N6O12. The van der Waals surface area contributed by atoms with Crippen LogP contribution >= 0.6 is 0 Å².